The van der Waals surface area contributed by atoms with Gasteiger partial charge in [-0.2, -0.15) is 0 Å². The van der Waals surface area contributed by atoms with Gasteiger partial charge in [-0.25, -0.2) is 0 Å². The molecule has 0 spiro atoms. The molecular weight excluding hydrogens is 290 g/mol. The third-order valence-electron chi connectivity index (χ3n) is 4.55. The van der Waals surface area contributed by atoms with E-state index in [1.807, 2.05) is 36.4 Å². The van der Waals surface area contributed by atoms with Crippen LogP contribution in [-0.2, 0) is 11.2 Å². The Morgan fingerprint density at radius 3 is 2.48 bits per heavy atom. The van der Waals surface area contributed by atoms with Crippen molar-refractivity contribution in [2.75, 3.05) is 19.5 Å². The Hall–Kier alpha value is -2.75. The van der Waals surface area contributed by atoms with E-state index < -0.39 is 0 Å². The van der Waals surface area contributed by atoms with E-state index in [2.05, 4.69) is 5.32 Å². The van der Waals surface area contributed by atoms with Crippen LogP contribution < -0.4 is 14.8 Å². The minimum Gasteiger partial charge on any atom is -0.493 e. The van der Waals surface area contributed by atoms with Crippen LogP contribution in [0.3, 0.4) is 0 Å². The molecule has 4 nitrogen and oxygen atoms in total. The molecule has 0 fully saturated rings. The Kier molecular flexibility index (Phi) is 3.11. The maximum absolute atomic E-state index is 12.5. The van der Waals surface area contributed by atoms with Crippen LogP contribution in [0.1, 0.15) is 23.1 Å². The summed E-state index contributed by atoms with van der Waals surface area (Å²) in [6.07, 6.45) is 1.76. The SMILES string of the molecule is COc1cc2c(cc1OC)/C(=C1\C(=O)Nc3ccccc31)CC2. The molecule has 23 heavy (non-hydrogen) atoms. The molecule has 1 aliphatic carbocycles. The van der Waals surface area contributed by atoms with E-state index in [0.717, 1.165) is 46.6 Å². The van der Waals surface area contributed by atoms with E-state index in [4.69, 9.17) is 9.47 Å². The maximum Gasteiger partial charge on any atom is 0.256 e. The molecule has 4 heteroatoms. The summed E-state index contributed by atoms with van der Waals surface area (Å²) in [4.78, 5) is 12.5. The maximum atomic E-state index is 12.5. The lowest BCUT2D eigenvalue weighted by Gasteiger charge is -2.11. The summed E-state index contributed by atoms with van der Waals surface area (Å²) in [7, 11) is 3.27. The largest absolute Gasteiger partial charge is 0.493 e. The zero-order valence-corrected chi connectivity index (χ0v) is 13.1. The fraction of sp³-hybridized carbons (Fsp3) is 0.211. The Bertz CT molecular complexity index is 852. The lowest BCUT2D eigenvalue weighted by atomic mass is 9.96. The van der Waals surface area contributed by atoms with E-state index in [0.29, 0.717) is 5.75 Å². The van der Waals surface area contributed by atoms with Crippen LogP contribution in [0.5, 0.6) is 11.5 Å². The summed E-state index contributed by atoms with van der Waals surface area (Å²) in [6.45, 7) is 0. The predicted molar refractivity (Wildman–Crippen MR) is 89.8 cm³/mol. The number of aryl methyl sites for hydroxylation is 1. The lowest BCUT2D eigenvalue weighted by molar-refractivity contribution is -0.110. The second-order valence-electron chi connectivity index (χ2n) is 5.72. The Morgan fingerprint density at radius 2 is 1.70 bits per heavy atom. The number of ether oxygens (including phenoxy) is 2. The molecule has 0 bridgehead atoms. The van der Waals surface area contributed by atoms with Crippen LogP contribution in [0, 0.1) is 0 Å². The first-order valence-corrected chi connectivity index (χ1v) is 7.62. The number of para-hydroxylation sites is 1. The van der Waals surface area contributed by atoms with Crippen molar-refractivity contribution in [3.8, 4) is 11.5 Å². The lowest BCUT2D eigenvalue weighted by Crippen LogP contribution is -2.05. The number of rotatable bonds is 2. The van der Waals surface area contributed by atoms with Crippen molar-refractivity contribution < 1.29 is 14.3 Å². The van der Waals surface area contributed by atoms with Crippen LogP contribution >= 0.6 is 0 Å². The Morgan fingerprint density at radius 1 is 0.957 bits per heavy atom. The first kappa shape index (κ1) is 13.9. The quantitative estimate of drug-likeness (QED) is 0.864. The fourth-order valence-corrected chi connectivity index (χ4v) is 3.48. The monoisotopic (exact) mass is 307 g/mol. The smallest absolute Gasteiger partial charge is 0.256 e. The number of amides is 1. The highest BCUT2D eigenvalue weighted by atomic mass is 16.5. The van der Waals surface area contributed by atoms with Gasteiger partial charge in [0.25, 0.3) is 5.91 Å². The standard InChI is InChI=1S/C19H17NO3/c1-22-16-9-11-7-8-12(14(11)10-17(16)23-2)18-13-5-3-4-6-15(13)20-19(18)21/h3-6,9-10H,7-8H2,1-2H3,(H,20,21)/b18-12-. The fourth-order valence-electron chi connectivity index (χ4n) is 3.48. The summed E-state index contributed by atoms with van der Waals surface area (Å²) < 4.78 is 10.8. The zero-order valence-electron chi connectivity index (χ0n) is 13.1. The molecule has 2 aliphatic rings. The first-order valence-electron chi connectivity index (χ1n) is 7.62. The molecule has 1 heterocycles. The van der Waals surface area contributed by atoms with Gasteiger partial charge in [0.1, 0.15) is 0 Å². The molecule has 2 aromatic rings. The zero-order chi connectivity index (χ0) is 16.0. The normalized spacial score (nSPS) is 18.4. The number of allylic oxidation sites excluding steroid dienone is 1. The number of anilines is 1. The van der Waals surface area contributed by atoms with E-state index in [1.54, 1.807) is 14.2 Å². The highest BCUT2D eigenvalue weighted by Gasteiger charge is 2.31. The van der Waals surface area contributed by atoms with Gasteiger partial charge in [0.15, 0.2) is 11.5 Å². The topological polar surface area (TPSA) is 47.6 Å². The second kappa shape index (κ2) is 5.16. The summed E-state index contributed by atoms with van der Waals surface area (Å²) in [5.74, 6) is 1.40. The van der Waals surface area contributed by atoms with Gasteiger partial charge in [0.05, 0.1) is 19.8 Å². The Balaban J connectivity index is 1.93. The molecule has 0 unspecified atom stereocenters. The van der Waals surface area contributed by atoms with Gasteiger partial charge < -0.3 is 14.8 Å². The minimum atomic E-state index is -0.0242. The molecule has 0 saturated heterocycles. The third kappa shape index (κ3) is 2.02. The van der Waals surface area contributed by atoms with E-state index in [-0.39, 0.29) is 5.91 Å². The number of hydrogen-bond acceptors (Lipinski definition) is 3. The minimum absolute atomic E-state index is 0.0242. The van der Waals surface area contributed by atoms with Crippen LogP contribution in [0.15, 0.2) is 36.4 Å². The summed E-state index contributed by atoms with van der Waals surface area (Å²) >= 11 is 0. The molecule has 0 aromatic heterocycles. The predicted octanol–water partition coefficient (Wildman–Crippen LogP) is 3.51. The molecule has 1 amide bonds. The molecule has 0 radical (unpaired) electrons. The molecule has 0 atom stereocenters. The molecule has 116 valence electrons. The van der Waals surface area contributed by atoms with Crippen molar-refractivity contribution in [2.45, 2.75) is 12.8 Å². The second-order valence-corrected chi connectivity index (χ2v) is 5.72. The van der Waals surface area contributed by atoms with E-state index in [1.165, 1.54) is 5.56 Å². The molecule has 2 aromatic carbocycles. The average Bonchev–Trinajstić information content (AvgIpc) is 3.12. The van der Waals surface area contributed by atoms with Gasteiger partial charge in [-0.3, -0.25) is 4.79 Å². The van der Waals surface area contributed by atoms with Gasteiger partial charge in [0.2, 0.25) is 0 Å². The van der Waals surface area contributed by atoms with Gasteiger partial charge in [-0.05, 0) is 47.7 Å². The highest BCUT2D eigenvalue weighted by molar-refractivity contribution is 6.37. The van der Waals surface area contributed by atoms with Gasteiger partial charge in [0, 0.05) is 11.3 Å². The van der Waals surface area contributed by atoms with E-state index in [9.17, 15) is 4.79 Å². The highest BCUT2D eigenvalue weighted by Crippen LogP contribution is 2.45. The van der Waals surface area contributed by atoms with Crippen molar-refractivity contribution in [1.82, 2.24) is 0 Å². The van der Waals surface area contributed by atoms with Crippen molar-refractivity contribution in [2.24, 2.45) is 0 Å². The number of hydrogen-bond donors (Lipinski definition) is 1. The van der Waals surface area contributed by atoms with Gasteiger partial charge in [-0.15, -0.1) is 0 Å². The summed E-state index contributed by atoms with van der Waals surface area (Å²) in [5.41, 5.74) is 6.02. The van der Waals surface area contributed by atoms with Crippen LogP contribution in [0.2, 0.25) is 0 Å². The molecular formula is C19H17NO3. The number of benzene rings is 2. The first-order chi connectivity index (χ1) is 11.2. The average molecular weight is 307 g/mol. The van der Waals surface area contributed by atoms with Gasteiger partial charge in [-0.1, -0.05) is 18.2 Å². The molecule has 1 N–H and O–H groups in total. The van der Waals surface area contributed by atoms with Crippen molar-refractivity contribution in [3.05, 3.63) is 53.1 Å². The molecule has 0 saturated carbocycles. The van der Waals surface area contributed by atoms with Crippen LogP contribution in [0.4, 0.5) is 5.69 Å². The Labute approximate surface area is 134 Å². The van der Waals surface area contributed by atoms with Crippen LogP contribution in [-0.4, -0.2) is 20.1 Å². The van der Waals surface area contributed by atoms with Crippen LogP contribution in [0.25, 0.3) is 11.1 Å². The third-order valence-corrected chi connectivity index (χ3v) is 4.55. The van der Waals surface area contributed by atoms with Gasteiger partial charge >= 0.3 is 0 Å². The van der Waals surface area contributed by atoms with Crippen molar-refractivity contribution in [1.29, 1.82) is 0 Å². The number of carbonyl (C=O) groups excluding carboxylic acids is 1. The van der Waals surface area contributed by atoms with E-state index >= 15 is 0 Å². The summed E-state index contributed by atoms with van der Waals surface area (Å²) in [5, 5.41) is 2.95. The molecule has 4 rings (SSSR count). The van der Waals surface area contributed by atoms with Crippen molar-refractivity contribution in [3.63, 3.8) is 0 Å². The number of carbonyl (C=O) groups is 1. The number of fused-ring (bicyclic) bond motifs is 2. The molecule has 1 aliphatic heterocycles. The number of nitrogens with one attached hydrogen (secondary N) is 1. The summed E-state index contributed by atoms with van der Waals surface area (Å²) in [6, 6.07) is 11.8. The number of methoxy groups -OCH3 is 2. The van der Waals surface area contributed by atoms with Crippen molar-refractivity contribution >= 4 is 22.7 Å².